The molecule has 1 heterocycles. The van der Waals surface area contributed by atoms with E-state index in [1.807, 2.05) is 12.1 Å². The number of benzene rings is 2. The smallest absolute Gasteiger partial charge is 0.387 e. The van der Waals surface area contributed by atoms with E-state index in [9.17, 15) is 13.6 Å². The van der Waals surface area contributed by atoms with E-state index in [-0.39, 0.29) is 16.2 Å². The minimum absolute atomic E-state index is 0.0107. The van der Waals surface area contributed by atoms with Gasteiger partial charge in [-0.2, -0.15) is 23.7 Å². The Balaban J connectivity index is 2.19. The third-order valence-electron chi connectivity index (χ3n) is 3.46. The molecule has 0 saturated heterocycles. The molecule has 0 unspecified atom stereocenters. The topological polar surface area (TPSA) is 72.3 Å². The van der Waals surface area contributed by atoms with E-state index in [0.29, 0.717) is 10.9 Å². The number of alkyl halides is 2. The SMILES string of the molecule is Cc1n[nH]c(=S)n(/N=C\c2c(OC(F)F)ccc3ccccc23)c1=O. The maximum absolute atomic E-state index is 12.7. The van der Waals surface area contributed by atoms with Gasteiger partial charge >= 0.3 is 6.61 Å². The normalized spacial score (nSPS) is 11.5. The molecule has 25 heavy (non-hydrogen) atoms. The fourth-order valence-electron chi connectivity index (χ4n) is 2.30. The Labute approximate surface area is 145 Å². The van der Waals surface area contributed by atoms with Crippen molar-refractivity contribution in [2.45, 2.75) is 13.5 Å². The molecular weight excluding hydrogens is 350 g/mol. The molecule has 128 valence electrons. The zero-order valence-corrected chi connectivity index (χ0v) is 13.8. The number of nitrogens with zero attached hydrogens (tertiary/aromatic N) is 3. The highest BCUT2D eigenvalue weighted by molar-refractivity contribution is 7.71. The Hall–Kier alpha value is -2.94. The van der Waals surface area contributed by atoms with E-state index in [2.05, 4.69) is 20.0 Å². The van der Waals surface area contributed by atoms with Crippen molar-refractivity contribution in [2.75, 3.05) is 0 Å². The summed E-state index contributed by atoms with van der Waals surface area (Å²) in [6.07, 6.45) is 1.27. The first-order chi connectivity index (χ1) is 12.0. The first kappa shape index (κ1) is 16.9. The number of hydrogen-bond acceptors (Lipinski definition) is 5. The second-order valence-corrected chi connectivity index (χ2v) is 5.44. The number of nitrogens with one attached hydrogen (secondary N) is 1. The highest BCUT2D eigenvalue weighted by Gasteiger charge is 2.12. The van der Waals surface area contributed by atoms with E-state index in [1.165, 1.54) is 19.2 Å². The monoisotopic (exact) mass is 362 g/mol. The molecule has 0 bridgehead atoms. The van der Waals surface area contributed by atoms with Crippen LogP contribution in [0.1, 0.15) is 11.3 Å². The van der Waals surface area contributed by atoms with Crippen molar-refractivity contribution in [3.05, 3.63) is 62.8 Å². The Morgan fingerprint density at radius 2 is 2.08 bits per heavy atom. The summed E-state index contributed by atoms with van der Waals surface area (Å²) in [5.74, 6) is -0.0498. The lowest BCUT2D eigenvalue weighted by molar-refractivity contribution is -0.0498. The molecule has 1 aromatic heterocycles. The van der Waals surface area contributed by atoms with Gasteiger partial charge in [-0.05, 0) is 36.0 Å². The Morgan fingerprint density at radius 3 is 2.84 bits per heavy atom. The number of aromatic amines is 1. The molecule has 3 aromatic rings. The molecule has 0 saturated carbocycles. The van der Waals surface area contributed by atoms with Gasteiger partial charge in [0.2, 0.25) is 4.77 Å². The summed E-state index contributed by atoms with van der Waals surface area (Å²) >= 11 is 4.99. The van der Waals surface area contributed by atoms with Crippen molar-refractivity contribution >= 4 is 29.2 Å². The molecule has 0 radical (unpaired) electrons. The van der Waals surface area contributed by atoms with Crippen LogP contribution >= 0.6 is 12.2 Å². The summed E-state index contributed by atoms with van der Waals surface area (Å²) in [6, 6.07) is 10.3. The number of ether oxygens (including phenoxy) is 1. The lowest BCUT2D eigenvalue weighted by Gasteiger charge is -2.10. The number of hydrogen-bond donors (Lipinski definition) is 1. The van der Waals surface area contributed by atoms with Gasteiger partial charge < -0.3 is 4.74 Å². The lowest BCUT2D eigenvalue weighted by atomic mass is 10.0. The third-order valence-corrected chi connectivity index (χ3v) is 3.73. The molecule has 6 nitrogen and oxygen atoms in total. The second kappa shape index (κ2) is 6.89. The number of aromatic nitrogens is 3. The molecule has 0 amide bonds. The number of rotatable bonds is 4. The fourth-order valence-corrected chi connectivity index (χ4v) is 2.48. The van der Waals surface area contributed by atoms with Crippen molar-refractivity contribution in [2.24, 2.45) is 5.10 Å². The standard InChI is InChI=1S/C16H12F2N4O2S/c1-9-14(23)22(16(25)21-20-9)19-8-12-11-5-3-2-4-10(11)6-7-13(12)24-15(17)18/h2-8,15H,1H3,(H,21,25)/b19-8-. The summed E-state index contributed by atoms with van der Waals surface area (Å²) in [5, 5.41) is 11.7. The van der Waals surface area contributed by atoms with Gasteiger partial charge in [0.1, 0.15) is 11.4 Å². The van der Waals surface area contributed by atoms with Gasteiger partial charge in [-0.25, -0.2) is 0 Å². The molecule has 9 heteroatoms. The molecule has 0 atom stereocenters. The molecule has 2 aromatic carbocycles. The van der Waals surface area contributed by atoms with Crippen molar-refractivity contribution < 1.29 is 13.5 Å². The fraction of sp³-hybridized carbons (Fsp3) is 0.125. The molecule has 0 aliphatic rings. The predicted molar refractivity (Wildman–Crippen MR) is 92.0 cm³/mol. The highest BCUT2D eigenvalue weighted by atomic mass is 32.1. The molecule has 0 aliphatic heterocycles. The van der Waals surface area contributed by atoms with Crippen LogP contribution in [0, 0.1) is 11.7 Å². The summed E-state index contributed by atoms with van der Waals surface area (Å²) in [4.78, 5) is 12.1. The Morgan fingerprint density at radius 1 is 1.32 bits per heavy atom. The van der Waals surface area contributed by atoms with Gasteiger partial charge in [0.25, 0.3) is 5.56 Å². The van der Waals surface area contributed by atoms with Crippen molar-refractivity contribution in [1.29, 1.82) is 0 Å². The average molecular weight is 362 g/mol. The van der Waals surface area contributed by atoms with Crippen LogP contribution in [0.3, 0.4) is 0 Å². The van der Waals surface area contributed by atoms with Crippen molar-refractivity contribution in [3.8, 4) is 5.75 Å². The van der Waals surface area contributed by atoms with Crippen LogP contribution in [0.15, 0.2) is 46.3 Å². The molecule has 0 spiro atoms. The van der Waals surface area contributed by atoms with Gasteiger partial charge in [0.05, 0.1) is 6.21 Å². The summed E-state index contributed by atoms with van der Waals surface area (Å²) < 4.78 is 30.9. The van der Waals surface area contributed by atoms with Gasteiger partial charge in [-0.3, -0.25) is 9.89 Å². The van der Waals surface area contributed by atoms with Crippen LogP contribution in [0.4, 0.5) is 8.78 Å². The van der Waals surface area contributed by atoms with Gasteiger partial charge in [-0.1, -0.05) is 30.3 Å². The molecule has 3 rings (SSSR count). The molecule has 1 N–H and O–H groups in total. The maximum Gasteiger partial charge on any atom is 0.387 e. The number of fused-ring (bicyclic) bond motifs is 1. The van der Waals surface area contributed by atoms with Crippen LogP contribution in [-0.4, -0.2) is 27.7 Å². The van der Waals surface area contributed by atoms with Gasteiger partial charge in [0, 0.05) is 5.56 Å². The van der Waals surface area contributed by atoms with Crippen LogP contribution in [0.25, 0.3) is 10.8 Å². The summed E-state index contributed by atoms with van der Waals surface area (Å²) in [5.41, 5.74) is -0.0153. The van der Waals surface area contributed by atoms with Gasteiger partial charge in [-0.15, -0.1) is 0 Å². The van der Waals surface area contributed by atoms with Crippen molar-refractivity contribution in [3.63, 3.8) is 0 Å². The second-order valence-electron chi connectivity index (χ2n) is 5.05. The maximum atomic E-state index is 12.7. The number of aryl methyl sites for hydroxylation is 1. The largest absolute Gasteiger partial charge is 0.434 e. The average Bonchev–Trinajstić information content (AvgIpc) is 2.59. The van der Waals surface area contributed by atoms with E-state index in [0.717, 1.165) is 10.1 Å². The third kappa shape index (κ3) is 3.45. The quantitative estimate of drug-likeness (QED) is 0.571. The van der Waals surface area contributed by atoms with Gasteiger partial charge in [0.15, 0.2) is 0 Å². The Kier molecular flexibility index (Phi) is 4.66. The zero-order valence-electron chi connectivity index (χ0n) is 12.9. The van der Waals surface area contributed by atoms with E-state index >= 15 is 0 Å². The Bertz CT molecular complexity index is 1080. The van der Waals surface area contributed by atoms with Crippen LogP contribution in [0.5, 0.6) is 5.75 Å². The first-order valence-electron chi connectivity index (χ1n) is 7.16. The molecule has 0 fully saturated rings. The number of halogens is 2. The van der Waals surface area contributed by atoms with Crippen LogP contribution in [-0.2, 0) is 0 Å². The van der Waals surface area contributed by atoms with Crippen LogP contribution < -0.4 is 10.3 Å². The highest BCUT2D eigenvalue weighted by Crippen LogP contribution is 2.27. The van der Waals surface area contributed by atoms with Crippen LogP contribution in [0.2, 0.25) is 0 Å². The zero-order chi connectivity index (χ0) is 18.0. The minimum Gasteiger partial charge on any atom is -0.434 e. The minimum atomic E-state index is -2.98. The first-order valence-corrected chi connectivity index (χ1v) is 7.57. The summed E-state index contributed by atoms with van der Waals surface area (Å²) in [7, 11) is 0. The van der Waals surface area contributed by atoms with E-state index in [4.69, 9.17) is 12.2 Å². The summed E-state index contributed by atoms with van der Waals surface area (Å²) in [6.45, 7) is -1.48. The van der Waals surface area contributed by atoms with Crippen molar-refractivity contribution in [1.82, 2.24) is 14.9 Å². The van der Waals surface area contributed by atoms with E-state index in [1.54, 1.807) is 18.2 Å². The van der Waals surface area contributed by atoms with E-state index < -0.39 is 12.2 Å². The molecule has 0 aliphatic carbocycles. The number of H-pyrrole nitrogens is 1. The molecular formula is C16H12F2N4O2S. The lowest BCUT2D eigenvalue weighted by Crippen LogP contribution is -2.22. The predicted octanol–water partition coefficient (Wildman–Crippen LogP) is 3.25.